The fraction of sp³-hybridized carbons (Fsp3) is 1.00. The van der Waals surface area contributed by atoms with Crippen LogP contribution in [0.1, 0.15) is 71.1 Å². The molecule has 17 heavy (non-hydrogen) atoms. The van der Waals surface area contributed by atoms with Crippen molar-refractivity contribution >= 4 is 0 Å². The van der Waals surface area contributed by atoms with Crippen molar-refractivity contribution in [1.29, 1.82) is 0 Å². The lowest BCUT2D eigenvalue weighted by molar-refractivity contribution is -0.0518. The van der Waals surface area contributed by atoms with Crippen LogP contribution in [0, 0.1) is 0 Å². The first-order valence-electron chi connectivity index (χ1n) is 7.79. The molecule has 100 valence electrons. The molecule has 2 heteroatoms. The van der Waals surface area contributed by atoms with Crippen LogP contribution >= 0.6 is 0 Å². The van der Waals surface area contributed by atoms with E-state index in [1.165, 1.54) is 64.2 Å². The average molecular weight is 239 g/mol. The average Bonchev–Trinajstić information content (AvgIpc) is 2.61. The summed E-state index contributed by atoms with van der Waals surface area (Å²) in [7, 11) is 0. The van der Waals surface area contributed by atoms with Crippen LogP contribution in [-0.4, -0.2) is 24.8 Å². The number of ether oxygens (including phenoxy) is 1. The summed E-state index contributed by atoms with van der Waals surface area (Å²) in [5, 5.41) is 3.61. The Hall–Kier alpha value is -0.0800. The Balaban J connectivity index is 1.81. The van der Waals surface area contributed by atoms with Crippen LogP contribution in [0.15, 0.2) is 0 Å². The second-order valence-corrected chi connectivity index (χ2v) is 5.74. The molecule has 0 saturated heterocycles. The van der Waals surface area contributed by atoms with Crippen molar-refractivity contribution < 1.29 is 4.74 Å². The summed E-state index contributed by atoms with van der Waals surface area (Å²) in [6, 6.07) is 0.622. The van der Waals surface area contributed by atoms with Gasteiger partial charge in [0.25, 0.3) is 0 Å². The van der Waals surface area contributed by atoms with E-state index < -0.39 is 0 Å². The van der Waals surface area contributed by atoms with E-state index >= 15 is 0 Å². The second kappa shape index (κ2) is 7.38. The Bertz CT molecular complexity index is 197. The van der Waals surface area contributed by atoms with E-state index in [-0.39, 0.29) is 0 Å². The topological polar surface area (TPSA) is 21.3 Å². The highest BCUT2D eigenvalue weighted by molar-refractivity contribution is 4.82. The summed E-state index contributed by atoms with van der Waals surface area (Å²) < 4.78 is 6.41. The maximum absolute atomic E-state index is 6.41. The van der Waals surface area contributed by atoms with Crippen LogP contribution in [0.2, 0.25) is 0 Å². The van der Waals surface area contributed by atoms with Gasteiger partial charge in [-0.1, -0.05) is 45.4 Å². The van der Waals surface area contributed by atoms with Gasteiger partial charge in [-0.25, -0.2) is 0 Å². The van der Waals surface area contributed by atoms with Crippen molar-refractivity contribution in [2.75, 3.05) is 6.54 Å². The zero-order chi connectivity index (χ0) is 11.9. The van der Waals surface area contributed by atoms with Crippen LogP contribution in [0.5, 0.6) is 0 Å². The van der Waals surface area contributed by atoms with E-state index in [1.807, 2.05) is 0 Å². The molecule has 0 radical (unpaired) electrons. The minimum Gasteiger partial charge on any atom is -0.373 e. The van der Waals surface area contributed by atoms with Crippen molar-refractivity contribution in [3.63, 3.8) is 0 Å². The summed E-state index contributed by atoms with van der Waals surface area (Å²) >= 11 is 0. The molecule has 2 rings (SSSR count). The summed E-state index contributed by atoms with van der Waals surface area (Å²) in [4.78, 5) is 0. The third-order valence-corrected chi connectivity index (χ3v) is 4.34. The summed E-state index contributed by atoms with van der Waals surface area (Å²) in [5.41, 5.74) is 0. The van der Waals surface area contributed by atoms with Gasteiger partial charge in [0.15, 0.2) is 0 Å². The van der Waals surface area contributed by atoms with Gasteiger partial charge in [-0.15, -0.1) is 0 Å². The molecule has 2 nitrogen and oxygen atoms in total. The van der Waals surface area contributed by atoms with E-state index in [1.54, 1.807) is 0 Å². The normalized spacial score (nSPS) is 32.3. The molecule has 0 aromatic rings. The maximum Gasteiger partial charge on any atom is 0.0731 e. The SMILES string of the molecule is CCNC1CCCCC1OC1CCCCCC1. The Morgan fingerprint density at radius 2 is 1.53 bits per heavy atom. The molecule has 0 spiro atoms. The predicted octanol–water partition coefficient (Wildman–Crippen LogP) is 3.65. The third kappa shape index (κ3) is 4.26. The summed E-state index contributed by atoms with van der Waals surface area (Å²) in [5.74, 6) is 0. The number of likely N-dealkylation sites (N-methyl/N-ethyl adjacent to an activating group) is 1. The highest BCUT2D eigenvalue weighted by atomic mass is 16.5. The van der Waals surface area contributed by atoms with Crippen molar-refractivity contribution in [2.24, 2.45) is 0 Å². The number of hydrogen-bond donors (Lipinski definition) is 1. The van der Waals surface area contributed by atoms with Gasteiger partial charge in [0.05, 0.1) is 12.2 Å². The largest absolute Gasteiger partial charge is 0.373 e. The van der Waals surface area contributed by atoms with Crippen LogP contribution in [0.25, 0.3) is 0 Å². The highest BCUT2D eigenvalue weighted by Crippen LogP contribution is 2.27. The Morgan fingerprint density at radius 3 is 2.24 bits per heavy atom. The second-order valence-electron chi connectivity index (χ2n) is 5.74. The molecule has 2 aliphatic rings. The van der Waals surface area contributed by atoms with Crippen molar-refractivity contribution in [2.45, 2.75) is 89.4 Å². The van der Waals surface area contributed by atoms with Crippen LogP contribution in [0.3, 0.4) is 0 Å². The van der Waals surface area contributed by atoms with Crippen molar-refractivity contribution in [3.8, 4) is 0 Å². The van der Waals surface area contributed by atoms with Gasteiger partial charge >= 0.3 is 0 Å². The van der Waals surface area contributed by atoms with E-state index in [0.717, 1.165) is 6.54 Å². The van der Waals surface area contributed by atoms with Crippen LogP contribution < -0.4 is 5.32 Å². The Morgan fingerprint density at radius 1 is 0.882 bits per heavy atom. The van der Waals surface area contributed by atoms with Gasteiger partial charge in [-0.05, 0) is 32.2 Å². The zero-order valence-electron chi connectivity index (χ0n) is 11.4. The molecule has 0 bridgehead atoms. The van der Waals surface area contributed by atoms with Gasteiger partial charge in [0.1, 0.15) is 0 Å². The molecular formula is C15H29NO. The Kier molecular flexibility index (Phi) is 5.79. The molecule has 2 fully saturated rings. The Labute approximate surface area is 107 Å². The summed E-state index contributed by atoms with van der Waals surface area (Å²) in [6.45, 7) is 3.28. The standard InChI is InChI=1S/C15H29NO/c1-2-16-14-11-7-8-12-15(14)17-13-9-5-3-4-6-10-13/h13-16H,2-12H2,1H3. The van der Waals surface area contributed by atoms with E-state index in [4.69, 9.17) is 4.74 Å². The first-order valence-corrected chi connectivity index (χ1v) is 7.79. The molecule has 2 atom stereocenters. The fourth-order valence-electron chi connectivity index (χ4n) is 3.38. The predicted molar refractivity (Wildman–Crippen MR) is 72.3 cm³/mol. The van der Waals surface area contributed by atoms with E-state index in [2.05, 4.69) is 12.2 Å². The molecular weight excluding hydrogens is 210 g/mol. The summed E-state index contributed by atoms with van der Waals surface area (Å²) in [6.07, 6.45) is 14.6. The van der Waals surface area contributed by atoms with Gasteiger partial charge in [0, 0.05) is 6.04 Å². The molecule has 2 aliphatic carbocycles. The monoisotopic (exact) mass is 239 g/mol. The lowest BCUT2D eigenvalue weighted by atomic mass is 9.92. The molecule has 0 amide bonds. The van der Waals surface area contributed by atoms with Crippen molar-refractivity contribution in [3.05, 3.63) is 0 Å². The molecule has 0 aliphatic heterocycles. The lowest BCUT2D eigenvalue weighted by Gasteiger charge is -2.34. The van der Waals surface area contributed by atoms with E-state index in [9.17, 15) is 0 Å². The molecule has 0 aromatic carbocycles. The molecule has 0 heterocycles. The number of hydrogen-bond acceptors (Lipinski definition) is 2. The first kappa shape index (κ1) is 13.4. The lowest BCUT2D eigenvalue weighted by Crippen LogP contribution is -2.45. The van der Waals surface area contributed by atoms with Crippen LogP contribution in [0.4, 0.5) is 0 Å². The van der Waals surface area contributed by atoms with Crippen molar-refractivity contribution in [1.82, 2.24) is 5.32 Å². The minimum absolute atomic E-state index is 0.492. The molecule has 2 saturated carbocycles. The molecule has 2 unspecified atom stereocenters. The van der Waals surface area contributed by atoms with E-state index in [0.29, 0.717) is 18.2 Å². The minimum atomic E-state index is 0.492. The number of nitrogens with one attached hydrogen (secondary N) is 1. The van der Waals surface area contributed by atoms with Crippen LogP contribution in [-0.2, 0) is 4.74 Å². The van der Waals surface area contributed by atoms with Gasteiger partial charge in [0.2, 0.25) is 0 Å². The fourth-order valence-corrected chi connectivity index (χ4v) is 3.38. The smallest absolute Gasteiger partial charge is 0.0731 e. The first-order chi connectivity index (χ1) is 8.40. The van der Waals surface area contributed by atoms with Gasteiger partial charge in [-0.2, -0.15) is 0 Å². The zero-order valence-corrected chi connectivity index (χ0v) is 11.4. The third-order valence-electron chi connectivity index (χ3n) is 4.34. The molecule has 0 aromatic heterocycles. The quantitative estimate of drug-likeness (QED) is 0.756. The van der Waals surface area contributed by atoms with Gasteiger partial charge < -0.3 is 10.1 Å². The molecule has 1 N–H and O–H groups in total. The number of rotatable bonds is 4. The highest BCUT2D eigenvalue weighted by Gasteiger charge is 2.27. The van der Waals surface area contributed by atoms with Gasteiger partial charge in [-0.3, -0.25) is 0 Å². The maximum atomic E-state index is 6.41.